The molecule has 0 aromatic heterocycles. The Bertz CT molecular complexity index is 889. The van der Waals surface area contributed by atoms with Crippen LogP contribution < -0.4 is 0 Å². The smallest absolute Gasteiger partial charge is 0.338 e. The molecular formula is C22H17NO2. The van der Waals surface area contributed by atoms with Gasteiger partial charge in [-0.25, -0.2) is 9.79 Å². The molecule has 3 aromatic carbocycles. The zero-order valence-electron chi connectivity index (χ0n) is 13.7. The summed E-state index contributed by atoms with van der Waals surface area (Å²) in [5, 5.41) is 0. The summed E-state index contributed by atoms with van der Waals surface area (Å²) in [5.74, 6) is -0.247. The molecule has 0 atom stereocenters. The first-order chi connectivity index (χ1) is 12.3. The fourth-order valence-electron chi connectivity index (χ4n) is 3.00. The number of carbonyl (C=O) groups is 1. The minimum Gasteiger partial charge on any atom is -0.462 e. The van der Waals surface area contributed by atoms with Crippen LogP contribution in [-0.2, 0) is 11.2 Å². The van der Waals surface area contributed by atoms with Crippen molar-refractivity contribution in [3.8, 4) is 0 Å². The molecule has 0 fully saturated rings. The van der Waals surface area contributed by atoms with Gasteiger partial charge in [-0.15, -0.1) is 0 Å². The average molecular weight is 327 g/mol. The fraction of sp³-hybridized carbons (Fsp3) is 0.0909. The van der Waals surface area contributed by atoms with Crippen molar-refractivity contribution in [1.29, 1.82) is 0 Å². The van der Waals surface area contributed by atoms with E-state index in [-0.39, 0.29) is 5.97 Å². The maximum Gasteiger partial charge on any atom is 0.338 e. The number of hydrogen-bond donors (Lipinski definition) is 0. The highest BCUT2D eigenvalue weighted by molar-refractivity contribution is 6.14. The van der Waals surface area contributed by atoms with Crippen molar-refractivity contribution in [2.75, 3.05) is 6.61 Å². The van der Waals surface area contributed by atoms with Crippen LogP contribution in [0.4, 0.5) is 5.69 Å². The van der Waals surface area contributed by atoms with Gasteiger partial charge in [0.05, 0.1) is 23.6 Å². The van der Waals surface area contributed by atoms with Crippen LogP contribution in [0, 0.1) is 0 Å². The van der Waals surface area contributed by atoms with Crippen molar-refractivity contribution in [1.82, 2.24) is 0 Å². The maximum absolute atomic E-state index is 11.8. The van der Waals surface area contributed by atoms with Gasteiger partial charge in [0.15, 0.2) is 0 Å². The number of esters is 1. The first-order valence-electron chi connectivity index (χ1n) is 8.31. The summed E-state index contributed by atoms with van der Waals surface area (Å²) in [6.07, 6.45) is 0.733. The SMILES string of the molecule is O=C1OCCc2cc(N=C(c3ccccc3)c3ccccc3)ccc21. The molecule has 122 valence electrons. The Morgan fingerprint density at radius 3 is 2.12 bits per heavy atom. The van der Waals surface area contributed by atoms with Crippen LogP contribution in [0.5, 0.6) is 0 Å². The molecule has 0 unspecified atom stereocenters. The number of nitrogens with zero attached hydrogens (tertiary/aromatic N) is 1. The molecule has 3 heteroatoms. The lowest BCUT2D eigenvalue weighted by Gasteiger charge is -2.16. The largest absolute Gasteiger partial charge is 0.462 e. The Balaban J connectivity index is 1.81. The second-order valence-electron chi connectivity index (χ2n) is 5.92. The average Bonchev–Trinajstić information content (AvgIpc) is 2.68. The summed E-state index contributed by atoms with van der Waals surface area (Å²) in [4.78, 5) is 16.7. The molecule has 0 bridgehead atoms. The zero-order valence-corrected chi connectivity index (χ0v) is 13.7. The summed E-state index contributed by atoms with van der Waals surface area (Å²) < 4.78 is 5.09. The molecule has 1 aliphatic heterocycles. The van der Waals surface area contributed by atoms with Crippen LogP contribution in [-0.4, -0.2) is 18.3 Å². The quantitative estimate of drug-likeness (QED) is 0.522. The minimum atomic E-state index is -0.247. The molecule has 0 saturated carbocycles. The second-order valence-corrected chi connectivity index (χ2v) is 5.92. The number of cyclic esters (lactones) is 1. The van der Waals surface area contributed by atoms with Crippen molar-refractivity contribution in [3.63, 3.8) is 0 Å². The first kappa shape index (κ1) is 15.3. The monoisotopic (exact) mass is 327 g/mol. The topological polar surface area (TPSA) is 38.7 Å². The lowest BCUT2D eigenvalue weighted by atomic mass is 10.0. The molecule has 3 nitrogen and oxygen atoms in total. The second kappa shape index (κ2) is 6.73. The van der Waals surface area contributed by atoms with Crippen molar-refractivity contribution in [3.05, 3.63) is 101 Å². The molecule has 0 saturated heterocycles. The normalized spacial score (nSPS) is 12.9. The van der Waals surface area contributed by atoms with E-state index in [2.05, 4.69) is 24.3 Å². The van der Waals surface area contributed by atoms with Gasteiger partial charge in [0.2, 0.25) is 0 Å². The number of benzene rings is 3. The van der Waals surface area contributed by atoms with E-state index in [1.165, 1.54) is 0 Å². The molecule has 4 rings (SSSR count). The van der Waals surface area contributed by atoms with E-state index in [4.69, 9.17) is 9.73 Å². The molecule has 3 aromatic rings. The molecule has 0 amide bonds. The van der Waals surface area contributed by atoms with E-state index in [9.17, 15) is 4.79 Å². The molecule has 1 aliphatic rings. The number of fused-ring (bicyclic) bond motifs is 1. The van der Waals surface area contributed by atoms with Crippen LogP contribution >= 0.6 is 0 Å². The molecule has 0 radical (unpaired) electrons. The molecule has 25 heavy (non-hydrogen) atoms. The summed E-state index contributed by atoms with van der Waals surface area (Å²) in [6.45, 7) is 0.434. The Labute approximate surface area is 146 Å². The fourth-order valence-corrected chi connectivity index (χ4v) is 3.00. The van der Waals surface area contributed by atoms with Gasteiger partial charge in [0.1, 0.15) is 0 Å². The lowest BCUT2D eigenvalue weighted by Crippen LogP contribution is -2.17. The molecule has 0 N–H and O–H groups in total. The van der Waals surface area contributed by atoms with Gasteiger partial charge in [0, 0.05) is 17.5 Å². The Hall–Kier alpha value is -3.20. The minimum absolute atomic E-state index is 0.247. The number of aliphatic imine (C=N–C) groups is 1. The highest BCUT2D eigenvalue weighted by atomic mass is 16.5. The third-order valence-electron chi connectivity index (χ3n) is 4.25. The number of ether oxygens (including phenoxy) is 1. The summed E-state index contributed by atoms with van der Waals surface area (Å²) >= 11 is 0. The molecule has 0 spiro atoms. The third-order valence-corrected chi connectivity index (χ3v) is 4.25. The van der Waals surface area contributed by atoms with Crippen LogP contribution in [0.2, 0.25) is 0 Å². The predicted molar refractivity (Wildman–Crippen MR) is 98.6 cm³/mol. The highest BCUT2D eigenvalue weighted by Gasteiger charge is 2.18. The van der Waals surface area contributed by atoms with E-state index in [1.807, 2.05) is 54.6 Å². The highest BCUT2D eigenvalue weighted by Crippen LogP contribution is 2.24. The van der Waals surface area contributed by atoms with Gasteiger partial charge < -0.3 is 4.74 Å². The van der Waals surface area contributed by atoms with Crippen LogP contribution in [0.15, 0.2) is 83.9 Å². The van der Waals surface area contributed by atoms with Gasteiger partial charge in [-0.1, -0.05) is 60.7 Å². The van der Waals surface area contributed by atoms with Crippen molar-refractivity contribution in [2.45, 2.75) is 6.42 Å². The standard InChI is InChI=1S/C22H17NO2/c24-22-20-12-11-19(15-18(20)13-14-25-22)23-21(16-7-3-1-4-8-16)17-9-5-2-6-10-17/h1-12,15H,13-14H2. The van der Waals surface area contributed by atoms with E-state index < -0.39 is 0 Å². The maximum atomic E-state index is 11.8. The van der Waals surface area contributed by atoms with Crippen LogP contribution in [0.25, 0.3) is 0 Å². The van der Waals surface area contributed by atoms with Crippen molar-refractivity contribution in [2.24, 2.45) is 4.99 Å². The van der Waals surface area contributed by atoms with Gasteiger partial charge >= 0.3 is 5.97 Å². The zero-order chi connectivity index (χ0) is 17.1. The summed E-state index contributed by atoms with van der Waals surface area (Å²) in [7, 11) is 0. The van der Waals surface area contributed by atoms with Gasteiger partial charge in [-0.05, 0) is 23.8 Å². The molecular weight excluding hydrogens is 310 g/mol. The number of rotatable bonds is 3. The van der Waals surface area contributed by atoms with Gasteiger partial charge in [-0.3, -0.25) is 0 Å². The van der Waals surface area contributed by atoms with E-state index in [1.54, 1.807) is 0 Å². The van der Waals surface area contributed by atoms with Gasteiger partial charge in [0.25, 0.3) is 0 Å². The van der Waals surface area contributed by atoms with Crippen LogP contribution in [0.3, 0.4) is 0 Å². The van der Waals surface area contributed by atoms with Crippen LogP contribution in [0.1, 0.15) is 27.0 Å². The molecule has 1 heterocycles. The number of hydrogen-bond acceptors (Lipinski definition) is 3. The third kappa shape index (κ3) is 3.22. The van der Waals surface area contributed by atoms with E-state index in [0.717, 1.165) is 34.5 Å². The number of carbonyl (C=O) groups excluding carboxylic acids is 1. The summed E-state index contributed by atoms with van der Waals surface area (Å²) in [6, 6.07) is 25.9. The Morgan fingerprint density at radius 1 is 0.840 bits per heavy atom. The predicted octanol–water partition coefficient (Wildman–Crippen LogP) is 4.57. The summed E-state index contributed by atoms with van der Waals surface area (Å²) in [5.41, 5.74) is 5.52. The molecule has 0 aliphatic carbocycles. The Kier molecular flexibility index (Phi) is 4.13. The van der Waals surface area contributed by atoms with E-state index in [0.29, 0.717) is 12.2 Å². The van der Waals surface area contributed by atoms with Crippen molar-refractivity contribution < 1.29 is 9.53 Å². The van der Waals surface area contributed by atoms with Crippen molar-refractivity contribution >= 4 is 17.4 Å². The van der Waals surface area contributed by atoms with E-state index >= 15 is 0 Å². The van der Waals surface area contributed by atoms with Gasteiger partial charge in [-0.2, -0.15) is 0 Å². The first-order valence-corrected chi connectivity index (χ1v) is 8.31. The Morgan fingerprint density at radius 2 is 1.48 bits per heavy atom. The lowest BCUT2D eigenvalue weighted by molar-refractivity contribution is 0.0480.